The van der Waals surface area contributed by atoms with Gasteiger partial charge < -0.3 is 20.1 Å². The van der Waals surface area contributed by atoms with Crippen LogP contribution in [0.3, 0.4) is 0 Å². The summed E-state index contributed by atoms with van der Waals surface area (Å²) in [6, 6.07) is 12.4. The van der Waals surface area contributed by atoms with E-state index in [-0.39, 0.29) is 0 Å². The van der Waals surface area contributed by atoms with Crippen molar-refractivity contribution < 1.29 is 9.47 Å². The van der Waals surface area contributed by atoms with Crippen molar-refractivity contribution in [2.24, 2.45) is 4.99 Å². The number of rotatable bonds is 8. The molecule has 30 heavy (non-hydrogen) atoms. The summed E-state index contributed by atoms with van der Waals surface area (Å²) in [5.41, 5.74) is 3.19. The molecule has 0 saturated carbocycles. The van der Waals surface area contributed by atoms with Gasteiger partial charge in [-0.15, -0.1) is 0 Å². The molecule has 1 aromatic carbocycles. The molecule has 2 N–H and O–H groups in total. The van der Waals surface area contributed by atoms with E-state index in [1.54, 1.807) is 14.2 Å². The zero-order chi connectivity index (χ0) is 21.3. The van der Waals surface area contributed by atoms with Crippen LogP contribution in [0.5, 0.6) is 11.5 Å². The second kappa shape index (κ2) is 10.8. The molecule has 2 aromatic rings. The highest BCUT2D eigenvalue weighted by molar-refractivity contribution is 5.80. The van der Waals surface area contributed by atoms with E-state index < -0.39 is 0 Å². The molecule has 7 heteroatoms. The molecule has 3 rings (SSSR count). The molecule has 1 atom stereocenters. The molecule has 2 heterocycles. The van der Waals surface area contributed by atoms with Crippen molar-refractivity contribution in [1.82, 2.24) is 20.5 Å². The first kappa shape index (κ1) is 21.9. The van der Waals surface area contributed by atoms with E-state index in [2.05, 4.69) is 39.6 Å². The molecule has 7 nitrogen and oxygen atoms in total. The zero-order valence-corrected chi connectivity index (χ0v) is 18.4. The molecular formula is C23H33N5O2. The predicted molar refractivity (Wildman–Crippen MR) is 120 cm³/mol. The third-order valence-electron chi connectivity index (χ3n) is 5.12. The van der Waals surface area contributed by atoms with Gasteiger partial charge in [0.25, 0.3) is 0 Å². The number of aliphatic imine (C=N–C) groups is 1. The number of hydrogen-bond donors (Lipinski definition) is 2. The highest BCUT2D eigenvalue weighted by atomic mass is 16.5. The van der Waals surface area contributed by atoms with Gasteiger partial charge in [-0.25, -0.2) is 4.99 Å². The summed E-state index contributed by atoms with van der Waals surface area (Å²) >= 11 is 0. The van der Waals surface area contributed by atoms with E-state index in [9.17, 15) is 0 Å². The normalized spacial score (nSPS) is 17.1. The van der Waals surface area contributed by atoms with Crippen molar-refractivity contribution in [2.75, 3.05) is 33.9 Å². The Kier molecular flexibility index (Phi) is 7.90. The topological polar surface area (TPSA) is 71.0 Å². The molecule has 162 valence electrons. The van der Waals surface area contributed by atoms with Crippen LogP contribution in [0.1, 0.15) is 30.3 Å². The second-order valence-corrected chi connectivity index (χ2v) is 7.55. The number of benzene rings is 1. The van der Waals surface area contributed by atoms with Crippen molar-refractivity contribution in [3.8, 4) is 11.5 Å². The van der Waals surface area contributed by atoms with Gasteiger partial charge in [0.05, 0.1) is 26.5 Å². The van der Waals surface area contributed by atoms with Gasteiger partial charge in [0.2, 0.25) is 0 Å². The van der Waals surface area contributed by atoms with Crippen LogP contribution in [0, 0.1) is 6.92 Å². The molecular weight excluding hydrogens is 378 g/mol. The smallest absolute Gasteiger partial charge is 0.191 e. The van der Waals surface area contributed by atoms with Crippen LogP contribution in [-0.2, 0) is 13.1 Å². The summed E-state index contributed by atoms with van der Waals surface area (Å²) in [4.78, 5) is 11.7. The first-order valence-corrected chi connectivity index (χ1v) is 10.5. The summed E-state index contributed by atoms with van der Waals surface area (Å²) in [6.07, 6.45) is 1.08. The van der Waals surface area contributed by atoms with Gasteiger partial charge in [-0.1, -0.05) is 6.07 Å². The average molecular weight is 412 g/mol. The highest BCUT2D eigenvalue weighted by Gasteiger charge is 2.23. The Hall–Kier alpha value is -2.80. The van der Waals surface area contributed by atoms with Crippen LogP contribution in [0.4, 0.5) is 0 Å². The lowest BCUT2D eigenvalue weighted by molar-refractivity contribution is 0.321. The Morgan fingerprint density at radius 1 is 1.20 bits per heavy atom. The summed E-state index contributed by atoms with van der Waals surface area (Å²) in [5.74, 6) is 2.49. The lowest BCUT2D eigenvalue weighted by atomic mass is 10.2. The quantitative estimate of drug-likeness (QED) is 0.514. The molecule has 0 radical (unpaired) electrons. The monoisotopic (exact) mass is 411 g/mol. The third kappa shape index (κ3) is 6.35. The maximum absolute atomic E-state index is 5.39. The number of aryl methyl sites for hydroxylation is 1. The molecule has 0 aliphatic carbocycles. The van der Waals surface area contributed by atoms with Crippen LogP contribution < -0.4 is 20.1 Å². The van der Waals surface area contributed by atoms with Gasteiger partial charge >= 0.3 is 0 Å². The molecule has 1 unspecified atom stereocenters. The lowest BCUT2D eigenvalue weighted by Crippen LogP contribution is -2.44. The Morgan fingerprint density at radius 3 is 2.63 bits per heavy atom. The molecule has 1 fully saturated rings. The van der Waals surface area contributed by atoms with Gasteiger partial charge in [0.15, 0.2) is 5.96 Å². The number of nitrogens with zero attached hydrogens (tertiary/aromatic N) is 3. The van der Waals surface area contributed by atoms with Gasteiger partial charge in [-0.05, 0) is 50.1 Å². The van der Waals surface area contributed by atoms with Crippen molar-refractivity contribution in [1.29, 1.82) is 0 Å². The van der Waals surface area contributed by atoms with E-state index in [4.69, 9.17) is 14.5 Å². The summed E-state index contributed by atoms with van der Waals surface area (Å²) in [6.45, 7) is 8.35. The summed E-state index contributed by atoms with van der Waals surface area (Å²) < 4.78 is 10.8. The van der Waals surface area contributed by atoms with E-state index in [0.29, 0.717) is 12.6 Å². The highest BCUT2D eigenvalue weighted by Crippen LogP contribution is 2.24. The fourth-order valence-electron chi connectivity index (χ4n) is 3.67. The fraction of sp³-hybridized carbons (Fsp3) is 0.478. The minimum absolute atomic E-state index is 0.362. The van der Waals surface area contributed by atoms with Gasteiger partial charge in [0.1, 0.15) is 11.5 Å². The van der Waals surface area contributed by atoms with Crippen molar-refractivity contribution in [3.63, 3.8) is 0 Å². The number of ether oxygens (including phenoxy) is 2. The fourth-order valence-corrected chi connectivity index (χ4v) is 3.67. The van der Waals surface area contributed by atoms with Crippen LogP contribution in [0.2, 0.25) is 0 Å². The van der Waals surface area contributed by atoms with Gasteiger partial charge in [-0.2, -0.15) is 0 Å². The first-order chi connectivity index (χ1) is 14.6. The third-order valence-corrected chi connectivity index (χ3v) is 5.12. The second-order valence-electron chi connectivity index (χ2n) is 7.55. The summed E-state index contributed by atoms with van der Waals surface area (Å²) in [7, 11) is 3.37. The van der Waals surface area contributed by atoms with E-state index in [1.807, 2.05) is 31.2 Å². The number of nitrogens with one attached hydrogen (secondary N) is 2. The van der Waals surface area contributed by atoms with Crippen LogP contribution >= 0.6 is 0 Å². The van der Waals surface area contributed by atoms with Crippen molar-refractivity contribution in [3.05, 3.63) is 53.3 Å². The molecule has 1 aromatic heterocycles. The molecule has 0 spiro atoms. The maximum atomic E-state index is 5.39. The van der Waals surface area contributed by atoms with Crippen LogP contribution in [0.25, 0.3) is 0 Å². The maximum Gasteiger partial charge on any atom is 0.191 e. The average Bonchev–Trinajstić information content (AvgIpc) is 3.18. The molecule has 0 amide bonds. The number of hydrogen-bond acceptors (Lipinski definition) is 5. The number of guanidine groups is 1. The minimum Gasteiger partial charge on any atom is -0.497 e. The molecule has 1 saturated heterocycles. The van der Waals surface area contributed by atoms with E-state index in [1.165, 1.54) is 5.56 Å². The minimum atomic E-state index is 0.362. The number of methoxy groups -OCH3 is 2. The van der Waals surface area contributed by atoms with Crippen LogP contribution in [0.15, 0.2) is 41.4 Å². The largest absolute Gasteiger partial charge is 0.497 e. The Balaban J connectivity index is 1.57. The molecule has 1 aliphatic rings. The van der Waals surface area contributed by atoms with Gasteiger partial charge in [-0.3, -0.25) is 9.88 Å². The standard InChI is InChI=1S/C23H33N5O2/c1-5-24-23(25-14-19-8-6-7-17(2)26-19)27-20-9-10-28(16-20)15-18-11-21(29-3)13-22(12-18)30-4/h6-8,11-13,20H,5,9-10,14-16H2,1-4H3,(H2,24,25,27). The van der Waals surface area contributed by atoms with Crippen molar-refractivity contribution >= 4 is 5.96 Å². The van der Waals surface area contributed by atoms with E-state index in [0.717, 1.165) is 61.4 Å². The van der Waals surface area contributed by atoms with E-state index >= 15 is 0 Å². The van der Waals surface area contributed by atoms with Gasteiger partial charge in [0, 0.05) is 44.0 Å². The number of pyridine rings is 1. The predicted octanol–water partition coefficient (Wildman–Crippen LogP) is 2.74. The lowest BCUT2D eigenvalue weighted by Gasteiger charge is -2.19. The number of aromatic nitrogens is 1. The zero-order valence-electron chi connectivity index (χ0n) is 18.4. The number of likely N-dealkylation sites (tertiary alicyclic amines) is 1. The first-order valence-electron chi connectivity index (χ1n) is 10.5. The Morgan fingerprint density at radius 2 is 1.97 bits per heavy atom. The van der Waals surface area contributed by atoms with Crippen LogP contribution in [-0.4, -0.2) is 55.7 Å². The Labute approximate surface area is 179 Å². The summed E-state index contributed by atoms with van der Waals surface area (Å²) in [5, 5.41) is 6.93. The SMILES string of the molecule is CCNC(=NCc1cccc(C)n1)NC1CCN(Cc2cc(OC)cc(OC)c2)C1. The molecule has 0 bridgehead atoms. The van der Waals surface area contributed by atoms with Crippen molar-refractivity contribution in [2.45, 2.75) is 39.4 Å². The Bertz CT molecular complexity index is 833. The molecule has 1 aliphatic heterocycles.